The molecule has 12 rings (SSSR count). The smallest absolute Gasteiger partial charge is 0.159 e. The minimum atomic E-state index is -0.899. The molecule has 1 spiro atoms. The van der Waals surface area contributed by atoms with Gasteiger partial charge in [-0.1, -0.05) is 198 Å². The number of furan rings is 1. The molecule has 0 amide bonds. The van der Waals surface area contributed by atoms with Gasteiger partial charge in [-0.2, -0.15) is 0 Å². The second-order valence-electron chi connectivity index (χ2n) is 25.2. The van der Waals surface area contributed by atoms with Crippen LogP contribution >= 0.6 is 0 Å². The fourth-order valence-electron chi connectivity index (χ4n) is 12.2. The van der Waals surface area contributed by atoms with Crippen LogP contribution in [0.25, 0.3) is 44.2 Å². The third-order valence-corrected chi connectivity index (χ3v) is 16.2. The Kier molecular flexibility index (Phi) is 10.9. The van der Waals surface area contributed by atoms with Gasteiger partial charge in [-0.25, -0.2) is 4.39 Å². The van der Waals surface area contributed by atoms with Gasteiger partial charge in [-0.15, -0.1) is 0 Å². The van der Waals surface area contributed by atoms with Gasteiger partial charge in [-0.3, -0.25) is 0 Å². The molecule has 0 saturated heterocycles. The third kappa shape index (κ3) is 7.65. The fourth-order valence-corrected chi connectivity index (χ4v) is 12.2. The van der Waals surface area contributed by atoms with E-state index in [2.05, 4.69) is 263 Å². The number of anilines is 6. The van der Waals surface area contributed by atoms with Crippen LogP contribution in [0, 0.1) is 5.82 Å². The number of halogens is 1. The number of hydrogen-bond donors (Lipinski definition) is 0. The SMILES string of the molecule is CC(C)(C)c1ccc(N(c2ccc(C(C)(C)C)cc2)c2cc3oc4c(N(c5ccc(C(C)(C)C)cc5)c5ccc(C(C)(C)C)cc5)cccc4c3c3c2-c2ccccc2C32c3ccccc3-c3ccc(F)cc32)cc1. The highest BCUT2D eigenvalue weighted by Gasteiger charge is 2.54. The second-order valence-corrected chi connectivity index (χ2v) is 25.2. The van der Waals surface area contributed by atoms with E-state index < -0.39 is 5.41 Å². The average molecular weight is 983 g/mol. The van der Waals surface area contributed by atoms with E-state index in [9.17, 15) is 0 Å². The van der Waals surface area contributed by atoms with E-state index in [1.54, 1.807) is 12.1 Å². The molecule has 75 heavy (non-hydrogen) atoms. The molecule has 10 aromatic rings. The zero-order valence-corrected chi connectivity index (χ0v) is 45.6. The van der Waals surface area contributed by atoms with Gasteiger partial charge in [-0.05, 0) is 150 Å². The summed E-state index contributed by atoms with van der Waals surface area (Å²) in [7, 11) is 0. The van der Waals surface area contributed by atoms with Crippen LogP contribution in [0.5, 0.6) is 0 Å². The number of rotatable bonds is 6. The molecule has 3 nitrogen and oxygen atoms in total. The van der Waals surface area contributed by atoms with E-state index in [0.717, 1.165) is 101 Å². The highest BCUT2D eigenvalue weighted by atomic mass is 19.1. The number of benzene rings is 9. The van der Waals surface area contributed by atoms with Gasteiger partial charge in [0.25, 0.3) is 0 Å². The first kappa shape index (κ1) is 48.3. The van der Waals surface area contributed by atoms with Crippen LogP contribution in [0.1, 0.15) is 128 Å². The van der Waals surface area contributed by atoms with Crippen molar-refractivity contribution < 1.29 is 8.81 Å². The summed E-state index contributed by atoms with van der Waals surface area (Å²) in [5, 5.41) is 2.02. The normalized spacial score (nSPS) is 15.1. The first-order valence-electron chi connectivity index (χ1n) is 26.7. The van der Waals surface area contributed by atoms with E-state index in [4.69, 9.17) is 4.42 Å². The Morgan fingerprint density at radius 3 is 1.27 bits per heavy atom. The highest BCUT2D eigenvalue weighted by Crippen LogP contribution is 2.67. The van der Waals surface area contributed by atoms with Crippen molar-refractivity contribution in [2.24, 2.45) is 0 Å². The van der Waals surface area contributed by atoms with Crippen LogP contribution < -0.4 is 9.80 Å². The Hall–Kier alpha value is -7.69. The lowest BCUT2D eigenvalue weighted by atomic mass is 9.69. The van der Waals surface area contributed by atoms with Gasteiger partial charge in [0.15, 0.2) is 5.58 Å². The maximum atomic E-state index is 16.4. The van der Waals surface area contributed by atoms with Crippen molar-refractivity contribution in [3.05, 3.63) is 238 Å². The molecule has 0 saturated carbocycles. The zero-order chi connectivity index (χ0) is 52.6. The van der Waals surface area contributed by atoms with Crippen LogP contribution in [-0.4, -0.2) is 0 Å². The third-order valence-electron chi connectivity index (χ3n) is 16.2. The molecule has 1 heterocycles. The van der Waals surface area contributed by atoms with Crippen LogP contribution in [0.15, 0.2) is 192 Å². The Morgan fingerprint density at radius 2 is 0.800 bits per heavy atom. The van der Waals surface area contributed by atoms with Gasteiger partial charge in [0.05, 0.1) is 16.8 Å². The van der Waals surface area contributed by atoms with E-state index >= 15 is 4.39 Å². The lowest BCUT2D eigenvalue weighted by Gasteiger charge is -2.33. The number of nitrogens with zero attached hydrogens (tertiary/aromatic N) is 2. The molecule has 0 aliphatic heterocycles. The topological polar surface area (TPSA) is 19.6 Å². The molecular formula is C71H67FN2O. The Bertz CT molecular complexity index is 3740. The summed E-state index contributed by atoms with van der Waals surface area (Å²) >= 11 is 0. The van der Waals surface area contributed by atoms with Crippen molar-refractivity contribution in [3.8, 4) is 22.3 Å². The molecule has 0 radical (unpaired) electrons. The minimum absolute atomic E-state index is 0.0143. The van der Waals surface area contributed by atoms with E-state index in [-0.39, 0.29) is 27.5 Å². The maximum absolute atomic E-state index is 16.4. The fraction of sp³-hybridized carbons (Fsp3) is 0.239. The summed E-state index contributed by atoms with van der Waals surface area (Å²) in [6, 6.07) is 68.1. The summed E-state index contributed by atoms with van der Waals surface area (Å²) in [6.07, 6.45) is 0. The Labute approximate surface area is 443 Å². The van der Waals surface area contributed by atoms with Crippen molar-refractivity contribution in [2.75, 3.05) is 9.80 Å². The highest BCUT2D eigenvalue weighted by molar-refractivity contribution is 6.19. The molecule has 2 aliphatic carbocycles. The van der Waals surface area contributed by atoms with Crippen molar-refractivity contribution in [1.29, 1.82) is 0 Å². The zero-order valence-electron chi connectivity index (χ0n) is 45.6. The van der Waals surface area contributed by atoms with Gasteiger partial charge < -0.3 is 14.2 Å². The summed E-state index contributed by atoms with van der Waals surface area (Å²) < 4.78 is 24.0. The van der Waals surface area contributed by atoms with Crippen molar-refractivity contribution in [3.63, 3.8) is 0 Å². The largest absolute Gasteiger partial charge is 0.454 e. The molecule has 1 aromatic heterocycles. The molecule has 1 atom stereocenters. The van der Waals surface area contributed by atoms with Crippen molar-refractivity contribution >= 4 is 56.1 Å². The standard InChI is InChI=1S/C71H67FN2O/c1-67(2,3)44-24-33-49(34-25-44)73(50-35-26-45(27-36-50)68(4,5)6)60-23-17-20-56-64-62(75-66(56)60)43-61(74(51-37-28-46(29-38-51)69(7,8)9)52-39-30-47(31-40-52)70(10,11)12)63-55-19-14-16-22-58(55)71(65(63)64)57-21-15-13-18-53(57)54-41-32-48(72)42-59(54)71/h13-43H,1-12H3. The van der Waals surface area contributed by atoms with Gasteiger partial charge in [0, 0.05) is 45.2 Å². The number of hydrogen-bond acceptors (Lipinski definition) is 3. The average Bonchev–Trinajstić information content (AvgIpc) is 4.23. The van der Waals surface area contributed by atoms with E-state index in [0.29, 0.717) is 0 Å². The van der Waals surface area contributed by atoms with Crippen LogP contribution in [0.3, 0.4) is 0 Å². The quantitative estimate of drug-likeness (QED) is 0.166. The predicted octanol–water partition coefficient (Wildman–Crippen LogP) is 20.2. The molecule has 4 heteroatoms. The predicted molar refractivity (Wildman–Crippen MR) is 314 cm³/mol. The first-order valence-corrected chi connectivity index (χ1v) is 26.7. The van der Waals surface area contributed by atoms with Crippen molar-refractivity contribution in [1.82, 2.24) is 0 Å². The van der Waals surface area contributed by atoms with E-state index in [1.165, 1.54) is 22.3 Å². The molecule has 2 aliphatic rings. The van der Waals surface area contributed by atoms with Crippen LogP contribution in [0.4, 0.5) is 38.5 Å². The second kappa shape index (κ2) is 16.9. The lowest BCUT2D eigenvalue weighted by Crippen LogP contribution is -2.26. The summed E-state index contributed by atoms with van der Waals surface area (Å²) in [4.78, 5) is 4.78. The Balaban J connectivity index is 1.23. The molecule has 0 bridgehead atoms. The minimum Gasteiger partial charge on any atom is -0.454 e. The lowest BCUT2D eigenvalue weighted by molar-refractivity contribution is 0.590. The Morgan fingerprint density at radius 1 is 0.387 bits per heavy atom. The van der Waals surface area contributed by atoms with Gasteiger partial charge in [0.1, 0.15) is 11.4 Å². The monoisotopic (exact) mass is 983 g/mol. The molecular weight excluding hydrogens is 916 g/mol. The number of fused-ring (bicyclic) bond motifs is 14. The van der Waals surface area contributed by atoms with E-state index in [1.807, 2.05) is 6.07 Å². The van der Waals surface area contributed by atoms with Gasteiger partial charge in [0.2, 0.25) is 0 Å². The summed E-state index contributed by atoms with van der Waals surface area (Å²) in [5.41, 5.74) is 20.3. The maximum Gasteiger partial charge on any atom is 0.159 e. The van der Waals surface area contributed by atoms with Crippen molar-refractivity contribution in [2.45, 2.75) is 110 Å². The van der Waals surface area contributed by atoms with Gasteiger partial charge >= 0.3 is 0 Å². The van der Waals surface area contributed by atoms with Crippen LogP contribution in [0.2, 0.25) is 0 Å². The molecule has 0 fully saturated rings. The summed E-state index contributed by atoms with van der Waals surface area (Å²) in [6.45, 7) is 27.2. The molecule has 1 unspecified atom stereocenters. The molecule has 9 aromatic carbocycles. The molecule has 0 N–H and O–H groups in total. The first-order chi connectivity index (χ1) is 35.6. The summed E-state index contributed by atoms with van der Waals surface area (Å²) in [5.74, 6) is -0.260. The number of para-hydroxylation sites is 1. The van der Waals surface area contributed by atoms with Crippen LogP contribution in [-0.2, 0) is 27.1 Å². The molecule has 374 valence electrons.